The largest absolute Gasteiger partial charge is 0.368 e. The van der Waals surface area contributed by atoms with Gasteiger partial charge in [0.2, 0.25) is 16.0 Å². The fraction of sp³-hybridized carbons (Fsp3) is 0.267. The van der Waals surface area contributed by atoms with Crippen LogP contribution in [0, 0.1) is 6.92 Å². The van der Waals surface area contributed by atoms with E-state index in [4.69, 9.17) is 5.73 Å². The summed E-state index contributed by atoms with van der Waals surface area (Å²) in [5.74, 6) is 0.118. The van der Waals surface area contributed by atoms with Gasteiger partial charge in [0, 0.05) is 0 Å². The molecule has 3 rings (SSSR count). The molecule has 0 saturated heterocycles. The Balaban J connectivity index is 2.25. The van der Waals surface area contributed by atoms with Crippen molar-refractivity contribution in [2.24, 2.45) is 0 Å². The molecular formula is C15H18N6O2S. The minimum absolute atomic E-state index is 0.0268. The van der Waals surface area contributed by atoms with Crippen molar-refractivity contribution in [3.8, 4) is 5.69 Å². The number of nitrogens with one attached hydrogen (secondary N) is 1. The summed E-state index contributed by atoms with van der Waals surface area (Å²) < 4.78 is 28.5. The molecule has 0 amide bonds. The van der Waals surface area contributed by atoms with Crippen LogP contribution in [0.5, 0.6) is 0 Å². The summed E-state index contributed by atoms with van der Waals surface area (Å²) in [5, 5.41) is 4.38. The van der Waals surface area contributed by atoms with Crippen molar-refractivity contribution in [3.63, 3.8) is 0 Å². The molecule has 0 aliphatic carbocycles. The first-order chi connectivity index (χ1) is 11.3. The molecule has 0 bridgehead atoms. The maximum atomic E-state index is 12.2. The fourth-order valence-corrected chi connectivity index (χ4v) is 2.93. The van der Waals surface area contributed by atoms with E-state index in [0.29, 0.717) is 16.7 Å². The Morgan fingerprint density at radius 2 is 1.83 bits per heavy atom. The Kier molecular flexibility index (Phi) is 3.88. The highest BCUT2D eigenvalue weighted by atomic mass is 32.2. The van der Waals surface area contributed by atoms with Crippen LogP contribution in [0.1, 0.15) is 19.5 Å². The van der Waals surface area contributed by atoms with Gasteiger partial charge in [0.15, 0.2) is 11.5 Å². The second kappa shape index (κ2) is 5.75. The second-order valence-corrected chi connectivity index (χ2v) is 7.89. The molecular weight excluding hydrogens is 328 g/mol. The number of sulfonamides is 1. The Morgan fingerprint density at radius 1 is 1.17 bits per heavy atom. The number of rotatable bonds is 4. The number of anilines is 2. The second-order valence-electron chi connectivity index (χ2n) is 5.66. The van der Waals surface area contributed by atoms with Crippen molar-refractivity contribution in [1.82, 2.24) is 19.7 Å². The summed E-state index contributed by atoms with van der Waals surface area (Å²) in [5.41, 5.74) is 7.63. The highest BCUT2D eigenvalue weighted by Gasteiger charge is 2.22. The smallest absolute Gasteiger partial charge is 0.236 e. The van der Waals surface area contributed by atoms with Gasteiger partial charge in [-0.2, -0.15) is 15.1 Å². The molecule has 1 aromatic carbocycles. The van der Waals surface area contributed by atoms with E-state index < -0.39 is 15.3 Å². The molecule has 0 spiro atoms. The maximum absolute atomic E-state index is 12.2. The molecule has 8 nitrogen and oxygen atoms in total. The van der Waals surface area contributed by atoms with Crippen molar-refractivity contribution in [3.05, 3.63) is 36.0 Å². The van der Waals surface area contributed by atoms with E-state index in [9.17, 15) is 8.42 Å². The van der Waals surface area contributed by atoms with Crippen LogP contribution >= 0.6 is 0 Å². The third-order valence-electron chi connectivity index (χ3n) is 3.58. The summed E-state index contributed by atoms with van der Waals surface area (Å²) in [6.07, 6.45) is 0. The van der Waals surface area contributed by atoms with E-state index >= 15 is 0 Å². The Morgan fingerprint density at radius 3 is 2.46 bits per heavy atom. The molecule has 3 aromatic rings. The van der Waals surface area contributed by atoms with Crippen LogP contribution in [-0.2, 0) is 10.0 Å². The van der Waals surface area contributed by atoms with Gasteiger partial charge in [-0.1, -0.05) is 18.2 Å². The molecule has 24 heavy (non-hydrogen) atoms. The highest BCUT2D eigenvalue weighted by Crippen LogP contribution is 2.27. The summed E-state index contributed by atoms with van der Waals surface area (Å²) in [6.45, 7) is 4.95. The van der Waals surface area contributed by atoms with Crippen LogP contribution < -0.4 is 10.5 Å². The summed E-state index contributed by atoms with van der Waals surface area (Å²) in [4.78, 5) is 8.30. The highest BCUT2D eigenvalue weighted by molar-refractivity contribution is 7.93. The SMILES string of the molecule is Cc1nn(-c2ccccc2)c2nc(N)nc(NS(=O)(=O)C(C)C)c12. The number of aromatic nitrogens is 4. The van der Waals surface area contributed by atoms with Crippen molar-refractivity contribution < 1.29 is 8.42 Å². The predicted octanol–water partition coefficient (Wildman–Crippen LogP) is 1.86. The van der Waals surface area contributed by atoms with Gasteiger partial charge in [0.05, 0.1) is 22.0 Å². The lowest BCUT2D eigenvalue weighted by Gasteiger charge is -2.11. The predicted molar refractivity (Wildman–Crippen MR) is 93.5 cm³/mol. The third kappa shape index (κ3) is 2.78. The Bertz CT molecular complexity index is 996. The van der Waals surface area contributed by atoms with Gasteiger partial charge in [-0.3, -0.25) is 4.72 Å². The lowest BCUT2D eigenvalue weighted by molar-refractivity contribution is 0.592. The van der Waals surface area contributed by atoms with Gasteiger partial charge in [-0.15, -0.1) is 0 Å². The van der Waals surface area contributed by atoms with Crippen molar-refractivity contribution in [2.75, 3.05) is 10.5 Å². The number of nitrogen functional groups attached to an aromatic ring is 1. The molecule has 0 atom stereocenters. The van der Waals surface area contributed by atoms with Gasteiger partial charge in [0.25, 0.3) is 0 Å². The number of aryl methyl sites for hydroxylation is 1. The molecule has 0 aliphatic heterocycles. The molecule has 2 heterocycles. The monoisotopic (exact) mass is 346 g/mol. The van der Waals surface area contributed by atoms with E-state index in [0.717, 1.165) is 5.69 Å². The zero-order valence-corrected chi connectivity index (χ0v) is 14.4. The molecule has 2 aromatic heterocycles. The number of nitrogens with zero attached hydrogens (tertiary/aromatic N) is 4. The van der Waals surface area contributed by atoms with Crippen LogP contribution in [0.4, 0.5) is 11.8 Å². The standard InChI is InChI=1S/C15H18N6O2S/c1-9(2)24(22,23)20-13-12-10(3)19-21(11-7-5-4-6-8-11)14(12)18-15(16)17-13/h4-9H,1-3H3,(H3,16,17,18,20). The average molecular weight is 346 g/mol. The first kappa shape index (κ1) is 16.2. The van der Waals surface area contributed by atoms with E-state index in [-0.39, 0.29) is 11.8 Å². The topological polar surface area (TPSA) is 116 Å². The lowest BCUT2D eigenvalue weighted by atomic mass is 10.3. The number of fused-ring (bicyclic) bond motifs is 1. The zero-order chi connectivity index (χ0) is 17.5. The summed E-state index contributed by atoms with van der Waals surface area (Å²) in [6, 6.07) is 9.41. The van der Waals surface area contributed by atoms with E-state index in [2.05, 4.69) is 19.8 Å². The quantitative estimate of drug-likeness (QED) is 0.745. The molecule has 0 fully saturated rings. The van der Waals surface area contributed by atoms with Gasteiger partial charge < -0.3 is 5.73 Å². The van der Waals surface area contributed by atoms with Crippen molar-refractivity contribution in [1.29, 1.82) is 0 Å². The first-order valence-electron chi connectivity index (χ1n) is 7.39. The van der Waals surface area contributed by atoms with Gasteiger partial charge >= 0.3 is 0 Å². The molecule has 0 saturated carbocycles. The van der Waals surface area contributed by atoms with E-state index in [1.807, 2.05) is 30.3 Å². The van der Waals surface area contributed by atoms with Crippen LogP contribution in [0.2, 0.25) is 0 Å². The average Bonchev–Trinajstić information content (AvgIpc) is 2.84. The molecule has 0 aliphatic rings. The van der Waals surface area contributed by atoms with Crippen molar-refractivity contribution >= 4 is 32.8 Å². The third-order valence-corrected chi connectivity index (χ3v) is 5.30. The molecule has 3 N–H and O–H groups in total. The number of nitrogens with two attached hydrogens (primary N) is 1. The molecule has 0 unspecified atom stereocenters. The van der Waals surface area contributed by atoms with Crippen molar-refractivity contribution in [2.45, 2.75) is 26.0 Å². The van der Waals surface area contributed by atoms with Crippen LogP contribution in [0.25, 0.3) is 16.7 Å². The minimum atomic E-state index is -3.56. The van der Waals surface area contributed by atoms with Gasteiger partial charge in [-0.25, -0.2) is 13.1 Å². The first-order valence-corrected chi connectivity index (χ1v) is 8.94. The Hall–Kier alpha value is -2.68. The number of hydrogen-bond donors (Lipinski definition) is 2. The van der Waals surface area contributed by atoms with Crippen LogP contribution in [0.3, 0.4) is 0 Å². The van der Waals surface area contributed by atoms with Gasteiger partial charge in [0.1, 0.15) is 0 Å². The maximum Gasteiger partial charge on any atom is 0.236 e. The normalized spacial score (nSPS) is 12.0. The van der Waals surface area contributed by atoms with E-state index in [1.165, 1.54) is 0 Å². The number of benzene rings is 1. The lowest BCUT2D eigenvalue weighted by Crippen LogP contribution is -2.23. The van der Waals surface area contributed by atoms with Crippen LogP contribution in [-0.4, -0.2) is 33.4 Å². The van der Waals surface area contributed by atoms with E-state index in [1.54, 1.807) is 25.5 Å². The summed E-state index contributed by atoms with van der Waals surface area (Å²) >= 11 is 0. The Labute approximate surface area is 139 Å². The molecule has 9 heteroatoms. The minimum Gasteiger partial charge on any atom is -0.368 e. The number of para-hydroxylation sites is 1. The summed E-state index contributed by atoms with van der Waals surface area (Å²) in [7, 11) is -3.56. The zero-order valence-electron chi connectivity index (χ0n) is 13.6. The number of hydrogen-bond acceptors (Lipinski definition) is 6. The fourth-order valence-electron chi connectivity index (χ4n) is 2.28. The van der Waals surface area contributed by atoms with Gasteiger partial charge in [-0.05, 0) is 32.9 Å². The van der Waals surface area contributed by atoms with Crippen LogP contribution in [0.15, 0.2) is 30.3 Å². The molecule has 126 valence electrons. The molecule has 0 radical (unpaired) electrons.